The molecule has 1 nitrogen and oxygen atoms in total. The fourth-order valence-electron chi connectivity index (χ4n) is 1.61. The normalized spacial score (nSPS) is 18.8. The summed E-state index contributed by atoms with van der Waals surface area (Å²) < 4.78 is 0. The van der Waals surface area contributed by atoms with E-state index in [4.69, 9.17) is 0 Å². The predicted molar refractivity (Wildman–Crippen MR) is 53.3 cm³/mol. The van der Waals surface area contributed by atoms with Crippen molar-refractivity contribution in [1.29, 1.82) is 0 Å². The van der Waals surface area contributed by atoms with Gasteiger partial charge in [0.15, 0.2) is 0 Å². The Morgan fingerprint density at radius 3 is 2.55 bits per heavy atom. The molecule has 1 rings (SSSR count). The van der Waals surface area contributed by atoms with Crippen LogP contribution < -0.4 is 0 Å². The minimum absolute atomic E-state index is 0.930. The lowest BCUT2D eigenvalue weighted by Gasteiger charge is -2.36. The molecule has 0 saturated heterocycles. The summed E-state index contributed by atoms with van der Waals surface area (Å²) in [6.07, 6.45) is 5.63. The van der Waals surface area contributed by atoms with Crippen LogP contribution in [0.4, 0.5) is 0 Å². The van der Waals surface area contributed by atoms with Crippen molar-refractivity contribution in [3.63, 3.8) is 0 Å². The van der Waals surface area contributed by atoms with E-state index in [9.17, 15) is 0 Å². The SMILES string of the molecule is CCN(CCCBr)C1CCC1. The zero-order valence-corrected chi connectivity index (χ0v) is 8.94. The highest BCUT2D eigenvalue weighted by molar-refractivity contribution is 9.09. The molecule has 0 amide bonds. The van der Waals surface area contributed by atoms with Crippen LogP contribution in [0.2, 0.25) is 0 Å². The van der Waals surface area contributed by atoms with Crippen molar-refractivity contribution in [2.45, 2.75) is 38.6 Å². The van der Waals surface area contributed by atoms with Gasteiger partial charge in [-0.25, -0.2) is 0 Å². The summed E-state index contributed by atoms with van der Waals surface area (Å²) in [5, 5.41) is 1.15. The Morgan fingerprint density at radius 2 is 2.18 bits per heavy atom. The largest absolute Gasteiger partial charge is 0.301 e. The van der Waals surface area contributed by atoms with E-state index in [1.807, 2.05) is 0 Å². The fraction of sp³-hybridized carbons (Fsp3) is 1.00. The summed E-state index contributed by atoms with van der Waals surface area (Å²) >= 11 is 3.47. The highest BCUT2D eigenvalue weighted by atomic mass is 79.9. The Labute approximate surface area is 78.3 Å². The number of hydrogen-bond acceptors (Lipinski definition) is 1. The van der Waals surface area contributed by atoms with Gasteiger partial charge in [0.2, 0.25) is 0 Å². The molecule has 0 atom stereocenters. The summed E-state index contributed by atoms with van der Waals surface area (Å²) in [5.41, 5.74) is 0. The highest BCUT2D eigenvalue weighted by Crippen LogP contribution is 2.24. The van der Waals surface area contributed by atoms with Crippen LogP contribution in [-0.2, 0) is 0 Å². The smallest absolute Gasteiger partial charge is 0.00951 e. The van der Waals surface area contributed by atoms with Gasteiger partial charge in [0.25, 0.3) is 0 Å². The van der Waals surface area contributed by atoms with Gasteiger partial charge in [-0.2, -0.15) is 0 Å². The molecule has 0 spiro atoms. The van der Waals surface area contributed by atoms with Crippen molar-refractivity contribution < 1.29 is 0 Å². The number of halogens is 1. The average molecular weight is 220 g/mol. The second-order valence-electron chi connectivity index (χ2n) is 3.26. The molecule has 0 radical (unpaired) electrons. The van der Waals surface area contributed by atoms with E-state index in [1.165, 1.54) is 38.8 Å². The molecule has 0 aliphatic heterocycles. The number of alkyl halides is 1. The van der Waals surface area contributed by atoms with Crippen LogP contribution in [0.1, 0.15) is 32.6 Å². The van der Waals surface area contributed by atoms with Crippen molar-refractivity contribution in [3.05, 3.63) is 0 Å². The van der Waals surface area contributed by atoms with Crippen LogP contribution in [0.5, 0.6) is 0 Å². The van der Waals surface area contributed by atoms with Crippen LogP contribution in [0, 0.1) is 0 Å². The maximum atomic E-state index is 3.47. The monoisotopic (exact) mass is 219 g/mol. The van der Waals surface area contributed by atoms with Crippen LogP contribution in [0.25, 0.3) is 0 Å². The van der Waals surface area contributed by atoms with Gasteiger partial charge in [-0.3, -0.25) is 0 Å². The van der Waals surface area contributed by atoms with Crippen molar-refractivity contribution in [2.24, 2.45) is 0 Å². The second kappa shape index (κ2) is 5.15. The Morgan fingerprint density at radius 1 is 1.45 bits per heavy atom. The maximum absolute atomic E-state index is 3.47. The van der Waals surface area contributed by atoms with Crippen molar-refractivity contribution >= 4 is 15.9 Å². The molecule has 0 N–H and O–H groups in total. The molecule has 1 aliphatic rings. The van der Waals surface area contributed by atoms with Crippen molar-refractivity contribution in [3.8, 4) is 0 Å². The summed E-state index contributed by atoms with van der Waals surface area (Å²) in [5.74, 6) is 0. The third-order valence-electron chi connectivity index (χ3n) is 2.58. The lowest BCUT2D eigenvalue weighted by atomic mass is 9.91. The molecule has 0 heterocycles. The number of hydrogen-bond donors (Lipinski definition) is 0. The molecular weight excluding hydrogens is 202 g/mol. The van der Waals surface area contributed by atoms with Crippen LogP contribution >= 0.6 is 15.9 Å². The van der Waals surface area contributed by atoms with E-state index in [1.54, 1.807) is 0 Å². The lowest BCUT2D eigenvalue weighted by molar-refractivity contribution is 0.135. The molecule has 0 aromatic heterocycles. The van der Waals surface area contributed by atoms with Gasteiger partial charge in [-0.1, -0.05) is 29.3 Å². The molecule has 0 aromatic rings. The first kappa shape index (κ1) is 9.53. The molecule has 2 heteroatoms. The Balaban J connectivity index is 2.13. The quantitative estimate of drug-likeness (QED) is 0.644. The van der Waals surface area contributed by atoms with Gasteiger partial charge in [0.1, 0.15) is 0 Å². The highest BCUT2D eigenvalue weighted by Gasteiger charge is 2.22. The zero-order valence-electron chi connectivity index (χ0n) is 7.35. The molecular formula is C9H18BrN. The minimum Gasteiger partial charge on any atom is -0.301 e. The molecule has 0 bridgehead atoms. The van der Waals surface area contributed by atoms with Gasteiger partial charge >= 0.3 is 0 Å². The third kappa shape index (κ3) is 2.75. The van der Waals surface area contributed by atoms with Crippen molar-refractivity contribution in [1.82, 2.24) is 4.90 Å². The Hall–Kier alpha value is 0.440. The van der Waals surface area contributed by atoms with Crippen LogP contribution in [0.3, 0.4) is 0 Å². The predicted octanol–water partition coefficient (Wildman–Crippen LogP) is 2.65. The van der Waals surface area contributed by atoms with Gasteiger partial charge in [-0.05, 0) is 32.4 Å². The van der Waals surface area contributed by atoms with Crippen molar-refractivity contribution in [2.75, 3.05) is 18.4 Å². The van der Waals surface area contributed by atoms with E-state index in [2.05, 4.69) is 27.8 Å². The van der Waals surface area contributed by atoms with Crippen LogP contribution in [-0.4, -0.2) is 29.4 Å². The first-order chi connectivity index (χ1) is 5.38. The van der Waals surface area contributed by atoms with E-state index in [0.717, 1.165) is 11.4 Å². The lowest BCUT2D eigenvalue weighted by Crippen LogP contribution is -2.40. The first-order valence-electron chi connectivity index (χ1n) is 4.68. The molecule has 66 valence electrons. The van der Waals surface area contributed by atoms with E-state index in [-0.39, 0.29) is 0 Å². The zero-order chi connectivity index (χ0) is 8.10. The summed E-state index contributed by atoms with van der Waals surface area (Å²) in [7, 11) is 0. The van der Waals surface area contributed by atoms with Gasteiger partial charge in [0.05, 0.1) is 0 Å². The molecule has 1 aliphatic carbocycles. The number of nitrogens with zero attached hydrogens (tertiary/aromatic N) is 1. The van der Waals surface area contributed by atoms with Crippen LogP contribution in [0.15, 0.2) is 0 Å². The average Bonchev–Trinajstić information content (AvgIpc) is 1.93. The molecule has 0 aromatic carbocycles. The van der Waals surface area contributed by atoms with E-state index in [0.29, 0.717) is 0 Å². The minimum atomic E-state index is 0.930. The topological polar surface area (TPSA) is 3.24 Å². The summed E-state index contributed by atoms with van der Waals surface area (Å²) in [6.45, 7) is 4.79. The summed E-state index contributed by atoms with van der Waals surface area (Å²) in [6, 6.07) is 0.930. The Bertz CT molecular complexity index is 102. The van der Waals surface area contributed by atoms with Gasteiger partial charge in [0, 0.05) is 11.4 Å². The molecule has 1 saturated carbocycles. The second-order valence-corrected chi connectivity index (χ2v) is 4.05. The van der Waals surface area contributed by atoms with E-state index >= 15 is 0 Å². The van der Waals surface area contributed by atoms with Gasteiger partial charge < -0.3 is 4.90 Å². The molecule has 1 fully saturated rings. The standard InChI is InChI=1S/C9H18BrN/c1-2-11(8-4-7-10)9-5-3-6-9/h9H,2-8H2,1H3. The van der Waals surface area contributed by atoms with E-state index < -0.39 is 0 Å². The molecule has 11 heavy (non-hydrogen) atoms. The number of rotatable bonds is 5. The first-order valence-corrected chi connectivity index (χ1v) is 5.80. The summed E-state index contributed by atoms with van der Waals surface area (Å²) in [4.78, 5) is 2.62. The Kier molecular flexibility index (Phi) is 4.46. The molecule has 0 unspecified atom stereocenters. The third-order valence-corrected chi connectivity index (χ3v) is 3.14. The van der Waals surface area contributed by atoms with Gasteiger partial charge in [-0.15, -0.1) is 0 Å². The maximum Gasteiger partial charge on any atom is 0.00951 e. The fourth-order valence-corrected chi connectivity index (χ4v) is 1.86.